The Kier molecular flexibility index (Phi) is 4.49. The number of nitro benzene ring substituents is 1. The Morgan fingerprint density at radius 3 is 2.81 bits per heavy atom. The Morgan fingerprint density at radius 2 is 2.24 bits per heavy atom. The van der Waals surface area contributed by atoms with Crippen molar-refractivity contribution in [1.29, 1.82) is 0 Å². The molecule has 1 aliphatic rings. The molecule has 1 heterocycles. The fraction of sp³-hybridized carbons (Fsp3) is 0.500. The molecule has 1 aliphatic heterocycles. The SMILES string of the molecule is CC1(C)CC(NC(=O)c2ccc([N+](=O)[O-])c(Cl)c2)CCO1. The molecule has 1 N–H and O–H groups in total. The number of ether oxygens (including phenoxy) is 1. The summed E-state index contributed by atoms with van der Waals surface area (Å²) in [5, 5.41) is 13.6. The van der Waals surface area contributed by atoms with E-state index in [0.717, 1.165) is 12.8 Å². The molecule has 2 rings (SSSR count). The van der Waals surface area contributed by atoms with E-state index in [2.05, 4.69) is 5.32 Å². The number of carbonyl (C=O) groups is 1. The van der Waals surface area contributed by atoms with E-state index >= 15 is 0 Å². The van der Waals surface area contributed by atoms with Crippen LogP contribution in [0.5, 0.6) is 0 Å². The first-order valence-corrected chi connectivity index (χ1v) is 7.05. The van der Waals surface area contributed by atoms with Crippen LogP contribution in [0.15, 0.2) is 18.2 Å². The molecule has 1 aromatic rings. The van der Waals surface area contributed by atoms with E-state index in [1.807, 2.05) is 13.8 Å². The largest absolute Gasteiger partial charge is 0.375 e. The summed E-state index contributed by atoms with van der Waals surface area (Å²) in [5.74, 6) is -0.283. The Balaban J connectivity index is 2.07. The summed E-state index contributed by atoms with van der Waals surface area (Å²) in [5.41, 5.74) is -0.154. The number of nitro groups is 1. The number of nitrogens with zero attached hydrogens (tertiary/aromatic N) is 1. The predicted octanol–water partition coefficient (Wildman–Crippen LogP) is 2.94. The minimum atomic E-state index is -0.578. The van der Waals surface area contributed by atoms with Gasteiger partial charge in [-0.2, -0.15) is 0 Å². The lowest BCUT2D eigenvalue weighted by molar-refractivity contribution is -0.384. The molecule has 1 atom stereocenters. The molecule has 1 aromatic carbocycles. The number of halogens is 1. The second kappa shape index (κ2) is 5.99. The van der Waals surface area contributed by atoms with Crippen molar-refractivity contribution in [2.75, 3.05) is 6.61 Å². The third-order valence-electron chi connectivity index (χ3n) is 3.44. The van der Waals surface area contributed by atoms with Crippen LogP contribution in [0.2, 0.25) is 5.02 Å². The standard InChI is InChI=1S/C14H17ClN2O4/c1-14(2)8-10(5-6-21-14)16-13(18)9-3-4-12(17(19)20)11(15)7-9/h3-4,7,10H,5-6,8H2,1-2H3,(H,16,18). The van der Waals surface area contributed by atoms with Gasteiger partial charge in [0.1, 0.15) is 5.02 Å². The molecular formula is C14H17ClN2O4. The summed E-state index contributed by atoms with van der Waals surface area (Å²) < 4.78 is 5.60. The molecule has 0 aliphatic carbocycles. The Hall–Kier alpha value is -1.66. The average molecular weight is 313 g/mol. The zero-order valence-electron chi connectivity index (χ0n) is 11.9. The van der Waals surface area contributed by atoms with Crippen molar-refractivity contribution >= 4 is 23.2 Å². The fourth-order valence-corrected chi connectivity index (χ4v) is 2.67. The second-order valence-electron chi connectivity index (χ2n) is 5.69. The normalized spacial score (nSPS) is 20.8. The lowest BCUT2D eigenvalue weighted by Gasteiger charge is -2.35. The van der Waals surface area contributed by atoms with E-state index in [4.69, 9.17) is 16.3 Å². The lowest BCUT2D eigenvalue weighted by Crippen LogP contribution is -2.45. The minimum Gasteiger partial charge on any atom is -0.375 e. The molecular weight excluding hydrogens is 296 g/mol. The second-order valence-corrected chi connectivity index (χ2v) is 6.10. The maximum Gasteiger partial charge on any atom is 0.287 e. The molecule has 7 heteroatoms. The molecule has 0 aromatic heterocycles. The molecule has 6 nitrogen and oxygen atoms in total. The zero-order valence-corrected chi connectivity index (χ0v) is 12.6. The number of carbonyl (C=O) groups excluding carboxylic acids is 1. The fourth-order valence-electron chi connectivity index (χ4n) is 2.42. The molecule has 1 amide bonds. The van der Waals surface area contributed by atoms with Crippen molar-refractivity contribution in [3.8, 4) is 0 Å². The quantitative estimate of drug-likeness (QED) is 0.687. The van der Waals surface area contributed by atoms with E-state index in [-0.39, 0.29) is 28.3 Å². The monoisotopic (exact) mass is 312 g/mol. The van der Waals surface area contributed by atoms with Gasteiger partial charge in [-0.3, -0.25) is 14.9 Å². The van der Waals surface area contributed by atoms with Gasteiger partial charge in [0.25, 0.3) is 11.6 Å². The van der Waals surface area contributed by atoms with Gasteiger partial charge in [-0.15, -0.1) is 0 Å². The van der Waals surface area contributed by atoms with Crippen LogP contribution in [0.1, 0.15) is 37.0 Å². The molecule has 0 saturated carbocycles. The molecule has 1 fully saturated rings. The summed E-state index contributed by atoms with van der Waals surface area (Å²) in [7, 11) is 0. The summed E-state index contributed by atoms with van der Waals surface area (Å²) in [6.07, 6.45) is 1.47. The highest BCUT2D eigenvalue weighted by Gasteiger charge is 2.30. The molecule has 114 valence electrons. The smallest absolute Gasteiger partial charge is 0.287 e. The Morgan fingerprint density at radius 1 is 1.52 bits per heavy atom. The van der Waals surface area contributed by atoms with Crippen LogP contribution in [0.3, 0.4) is 0 Å². The van der Waals surface area contributed by atoms with Gasteiger partial charge < -0.3 is 10.1 Å². The van der Waals surface area contributed by atoms with E-state index in [9.17, 15) is 14.9 Å². The van der Waals surface area contributed by atoms with Gasteiger partial charge in [0, 0.05) is 24.3 Å². The van der Waals surface area contributed by atoms with Crippen LogP contribution in [-0.2, 0) is 4.74 Å². The third-order valence-corrected chi connectivity index (χ3v) is 3.74. The topological polar surface area (TPSA) is 81.5 Å². The van der Waals surface area contributed by atoms with Gasteiger partial charge in [-0.25, -0.2) is 0 Å². The summed E-state index contributed by atoms with van der Waals surface area (Å²) in [6, 6.07) is 3.99. The molecule has 0 spiro atoms. The van der Waals surface area contributed by atoms with Gasteiger partial charge in [0.2, 0.25) is 0 Å². The van der Waals surface area contributed by atoms with Crippen molar-refractivity contribution in [1.82, 2.24) is 5.32 Å². The summed E-state index contributed by atoms with van der Waals surface area (Å²) >= 11 is 5.81. The predicted molar refractivity (Wildman–Crippen MR) is 78.6 cm³/mol. The highest BCUT2D eigenvalue weighted by Crippen LogP contribution is 2.26. The molecule has 21 heavy (non-hydrogen) atoms. The third kappa shape index (κ3) is 3.92. The lowest BCUT2D eigenvalue weighted by atomic mass is 9.94. The van der Waals surface area contributed by atoms with Gasteiger partial charge in [0.15, 0.2) is 0 Å². The van der Waals surface area contributed by atoms with Crippen LogP contribution in [0, 0.1) is 10.1 Å². The van der Waals surface area contributed by atoms with Gasteiger partial charge in [-0.05, 0) is 38.8 Å². The number of amides is 1. The first-order valence-electron chi connectivity index (χ1n) is 6.67. The Labute approximate surface area is 127 Å². The summed E-state index contributed by atoms with van der Waals surface area (Å²) in [4.78, 5) is 22.3. The Bertz CT molecular complexity index is 574. The van der Waals surface area contributed by atoms with Crippen molar-refractivity contribution in [3.05, 3.63) is 38.9 Å². The van der Waals surface area contributed by atoms with E-state index in [0.29, 0.717) is 12.2 Å². The minimum absolute atomic E-state index is 0.0233. The van der Waals surface area contributed by atoms with Crippen LogP contribution < -0.4 is 5.32 Å². The maximum atomic E-state index is 12.2. The van der Waals surface area contributed by atoms with Gasteiger partial charge in [0.05, 0.1) is 10.5 Å². The van der Waals surface area contributed by atoms with Crippen molar-refractivity contribution in [3.63, 3.8) is 0 Å². The molecule has 1 unspecified atom stereocenters. The summed E-state index contributed by atoms with van der Waals surface area (Å²) in [6.45, 7) is 4.56. The maximum absolute atomic E-state index is 12.2. The molecule has 1 saturated heterocycles. The van der Waals surface area contributed by atoms with Crippen molar-refractivity contribution in [2.45, 2.75) is 38.3 Å². The van der Waals surface area contributed by atoms with Gasteiger partial charge >= 0.3 is 0 Å². The number of rotatable bonds is 3. The van der Waals surface area contributed by atoms with E-state index < -0.39 is 4.92 Å². The number of benzene rings is 1. The molecule has 0 bridgehead atoms. The van der Waals surface area contributed by atoms with Crippen LogP contribution in [0.4, 0.5) is 5.69 Å². The van der Waals surface area contributed by atoms with E-state index in [1.165, 1.54) is 18.2 Å². The van der Waals surface area contributed by atoms with Crippen LogP contribution in [0.25, 0.3) is 0 Å². The number of hydrogen-bond donors (Lipinski definition) is 1. The highest BCUT2D eigenvalue weighted by atomic mass is 35.5. The van der Waals surface area contributed by atoms with Gasteiger partial charge in [-0.1, -0.05) is 11.6 Å². The average Bonchev–Trinajstić information content (AvgIpc) is 2.36. The van der Waals surface area contributed by atoms with Crippen LogP contribution >= 0.6 is 11.6 Å². The van der Waals surface area contributed by atoms with Crippen molar-refractivity contribution < 1.29 is 14.5 Å². The van der Waals surface area contributed by atoms with Crippen molar-refractivity contribution in [2.24, 2.45) is 0 Å². The van der Waals surface area contributed by atoms with Crippen LogP contribution in [-0.4, -0.2) is 29.1 Å². The number of hydrogen-bond acceptors (Lipinski definition) is 4. The first-order chi connectivity index (χ1) is 9.78. The highest BCUT2D eigenvalue weighted by molar-refractivity contribution is 6.33. The van der Waals surface area contributed by atoms with E-state index in [1.54, 1.807) is 0 Å². The first kappa shape index (κ1) is 15.7. The number of nitrogens with one attached hydrogen (secondary N) is 1. The molecule has 0 radical (unpaired) electrons. The zero-order chi connectivity index (χ0) is 15.6.